The minimum Gasteiger partial charge on any atom is -0.480 e. The van der Waals surface area contributed by atoms with Crippen LogP contribution in [0.25, 0.3) is 0 Å². The highest BCUT2D eigenvalue weighted by molar-refractivity contribution is 5.83. The molecule has 20 heavy (non-hydrogen) atoms. The number of hydrogen-bond donors (Lipinski definition) is 1. The van der Waals surface area contributed by atoms with E-state index in [2.05, 4.69) is 0 Å². The van der Waals surface area contributed by atoms with E-state index >= 15 is 0 Å². The van der Waals surface area contributed by atoms with Gasteiger partial charge in [-0.25, -0.2) is 9.59 Å². The number of fused-ring (bicyclic) bond motifs is 1. The Hall–Kier alpha value is -1.26. The fraction of sp³-hybridized carbons (Fsp3) is 0.867. The maximum Gasteiger partial charge on any atom is 0.326 e. The number of piperidine rings is 1. The van der Waals surface area contributed by atoms with E-state index in [9.17, 15) is 14.7 Å². The van der Waals surface area contributed by atoms with Gasteiger partial charge in [0.1, 0.15) is 6.04 Å². The first-order valence-electron chi connectivity index (χ1n) is 7.82. The molecule has 1 saturated heterocycles. The van der Waals surface area contributed by atoms with Crippen LogP contribution in [-0.2, 0) is 4.79 Å². The lowest BCUT2D eigenvalue weighted by molar-refractivity contribution is -0.146. The van der Waals surface area contributed by atoms with Crippen LogP contribution in [0.1, 0.15) is 51.9 Å². The number of rotatable bonds is 3. The van der Waals surface area contributed by atoms with Gasteiger partial charge in [-0.2, -0.15) is 0 Å². The minimum absolute atomic E-state index is 0.101. The largest absolute Gasteiger partial charge is 0.480 e. The summed E-state index contributed by atoms with van der Waals surface area (Å²) in [7, 11) is 1.77. The first kappa shape index (κ1) is 15.1. The number of carboxylic acid groups (broad SMARTS) is 1. The summed E-state index contributed by atoms with van der Waals surface area (Å²) >= 11 is 0. The summed E-state index contributed by atoms with van der Waals surface area (Å²) in [6.45, 7) is 2.71. The Morgan fingerprint density at radius 1 is 1.20 bits per heavy atom. The molecule has 0 aromatic carbocycles. The highest BCUT2D eigenvalue weighted by Crippen LogP contribution is 2.38. The first-order chi connectivity index (χ1) is 9.56. The smallest absolute Gasteiger partial charge is 0.326 e. The molecule has 0 aromatic rings. The normalized spacial score (nSPS) is 29.7. The summed E-state index contributed by atoms with van der Waals surface area (Å²) in [5.74, 6) is -0.356. The van der Waals surface area contributed by atoms with Crippen LogP contribution < -0.4 is 0 Å². The van der Waals surface area contributed by atoms with Gasteiger partial charge in [0.05, 0.1) is 0 Å². The molecule has 2 fully saturated rings. The molecule has 1 N–H and O–H groups in total. The van der Waals surface area contributed by atoms with Crippen LogP contribution >= 0.6 is 0 Å². The van der Waals surface area contributed by atoms with E-state index in [1.165, 1.54) is 6.42 Å². The van der Waals surface area contributed by atoms with Crippen LogP contribution in [0.15, 0.2) is 0 Å². The topological polar surface area (TPSA) is 60.9 Å². The molecule has 2 aliphatic rings. The van der Waals surface area contributed by atoms with Gasteiger partial charge in [0.25, 0.3) is 0 Å². The summed E-state index contributed by atoms with van der Waals surface area (Å²) in [4.78, 5) is 27.5. The average Bonchev–Trinajstić information content (AvgIpc) is 2.45. The molecule has 1 saturated carbocycles. The number of amides is 2. The van der Waals surface area contributed by atoms with Gasteiger partial charge in [-0.05, 0) is 38.0 Å². The van der Waals surface area contributed by atoms with E-state index in [1.54, 1.807) is 16.8 Å². The standard InChI is InChI=1S/C15H26N2O3/c1-3-10-16(2)15(20)17-12-7-5-4-6-11(12)8-9-13(17)14(18)19/h11-13H,3-10H2,1-2H3,(H,18,19). The van der Waals surface area contributed by atoms with Crippen molar-refractivity contribution in [2.45, 2.75) is 64.0 Å². The van der Waals surface area contributed by atoms with E-state index in [4.69, 9.17) is 0 Å². The van der Waals surface area contributed by atoms with Crippen molar-refractivity contribution in [1.29, 1.82) is 0 Å². The van der Waals surface area contributed by atoms with E-state index in [1.807, 2.05) is 6.92 Å². The predicted octanol–water partition coefficient (Wildman–Crippen LogP) is 2.56. The van der Waals surface area contributed by atoms with Crippen molar-refractivity contribution in [1.82, 2.24) is 9.80 Å². The van der Waals surface area contributed by atoms with Gasteiger partial charge in [0.2, 0.25) is 0 Å². The van der Waals surface area contributed by atoms with E-state index < -0.39 is 12.0 Å². The zero-order valence-electron chi connectivity index (χ0n) is 12.5. The lowest BCUT2D eigenvalue weighted by Gasteiger charge is -2.48. The molecule has 1 heterocycles. The van der Waals surface area contributed by atoms with Gasteiger partial charge in [-0.1, -0.05) is 19.8 Å². The third-order valence-corrected chi connectivity index (χ3v) is 4.76. The Bertz CT molecular complexity index is 372. The number of carbonyl (C=O) groups is 2. The zero-order chi connectivity index (χ0) is 14.7. The molecule has 1 aliphatic heterocycles. The van der Waals surface area contributed by atoms with Crippen LogP contribution in [0, 0.1) is 5.92 Å². The average molecular weight is 282 g/mol. The summed E-state index contributed by atoms with van der Waals surface area (Å²) in [5.41, 5.74) is 0. The molecule has 0 radical (unpaired) electrons. The van der Waals surface area contributed by atoms with Crippen LogP contribution in [0.3, 0.4) is 0 Å². The highest BCUT2D eigenvalue weighted by Gasteiger charge is 2.44. The Kier molecular flexibility index (Phi) is 4.89. The maximum atomic E-state index is 12.6. The van der Waals surface area contributed by atoms with Gasteiger partial charge in [-0.15, -0.1) is 0 Å². The maximum absolute atomic E-state index is 12.6. The van der Waals surface area contributed by atoms with Crippen LogP contribution in [0.2, 0.25) is 0 Å². The fourth-order valence-electron chi connectivity index (χ4n) is 3.78. The van der Waals surface area contributed by atoms with Gasteiger partial charge in [0, 0.05) is 19.6 Å². The molecule has 1 aliphatic carbocycles. The van der Waals surface area contributed by atoms with Gasteiger partial charge in [0.15, 0.2) is 0 Å². The number of urea groups is 1. The second-order valence-corrected chi connectivity index (χ2v) is 6.15. The molecule has 5 heteroatoms. The number of carbonyl (C=O) groups excluding carboxylic acids is 1. The van der Waals surface area contributed by atoms with Crippen molar-refractivity contribution in [3.05, 3.63) is 0 Å². The number of hydrogen-bond acceptors (Lipinski definition) is 2. The van der Waals surface area contributed by atoms with Crippen molar-refractivity contribution in [3.8, 4) is 0 Å². The summed E-state index contributed by atoms with van der Waals surface area (Å²) in [6.07, 6.45) is 6.85. The molecule has 3 unspecified atom stereocenters. The second kappa shape index (κ2) is 6.46. The zero-order valence-corrected chi connectivity index (χ0v) is 12.5. The van der Waals surface area contributed by atoms with Crippen molar-refractivity contribution < 1.29 is 14.7 Å². The summed E-state index contributed by atoms with van der Waals surface area (Å²) in [6, 6.07) is -0.609. The molecule has 2 rings (SSSR count). The van der Waals surface area contributed by atoms with Gasteiger partial charge in [-0.3, -0.25) is 0 Å². The lowest BCUT2D eigenvalue weighted by Crippen LogP contribution is -2.60. The summed E-state index contributed by atoms with van der Waals surface area (Å²) < 4.78 is 0. The monoisotopic (exact) mass is 282 g/mol. The Balaban J connectivity index is 2.20. The van der Waals surface area contributed by atoms with E-state index in [-0.39, 0.29) is 12.1 Å². The molecule has 0 bridgehead atoms. The molecule has 3 atom stereocenters. The molecular formula is C15H26N2O3. The van der Waals surface area contributed by atoms with Crippen LogP contribution in [0.4, 0.5) is 4.79 Å². The number of nitrogens with zero attached hydrogens (tertiary/aromatic N) is 2. The van der Waals surface area contributed by atoms with Crippen molar-refractivity contribution in [2.75, 3.05) is 13.6 Å². The minimum atomic E-state index is -0.854. The summed E-state index contributed by atoms with van der Waals surface area (Å²) in [5, 5.41) is 9.45. The third-order valence-electron chi connectivity index (χ3n) is 4.76. The predicted molar refractivity (Wildman–Crippen MR) is 76.6 cm³/mol. The Morgan fingerprint density at radius 2 is 1.90 bits per heavy atom. The molecule has 0 aromatic heterocycles. The number of aliphatic carboxylic acids is 1. The van der Waals surface area contributed by atoms with Gasteiger partial charge < -0.3 is 14.9 Å². The van der Waals surface area contributed by atoms with Crippen LogP contribution in [0.5, 0.6) is 0 Å². The van der Waals surface area contributed by atoms with Crippen molar-refractivity contribution in [3.63, 3.8) is 0 Å². The Labute approximate surface area is 120 Å². The molecule has 114 valence electrons. The van der Waals surface area contributed by atoms with Crippen molar-refractivity contribution in [2.24, 2.45) is 5.92 Å². The van der Waals surface area contributed by atoms with E-state index in [0.717, 1.165) is 32.1 Å². The second-order valence-electron chi connectivity index (χ2n) is 6.15. The van der Waals surface area contributed by atoms with Crippen molar-refractivity contribution >= 4 is 12.0 Å². The first-order valence-corrected chi connectivity index (χ1v) is 7.82. The number of likely N-dealkylation sites (tertiary alicyclic amines) is 1. The SMILES string of the molecule is CCCN(C)C(=O)N1C(C(=O)O)CCC2CCCCC21. The lowest BCUT2D eigenvalue weighted by atomic mass is 9.76. The quantitative estimate of drug-likeness (QED) is 0.865. The fourth-order valence-corrected chi connectivity index (χ4v) is 3.78. The molecular weight excluding hydrogens is 256 g/mol. The van der Waals surface area contributed by atoms with Crippen LogP contribution in [-0.4, -0.2) is 52.6 Å². The van der Waals surface area contributed by atoms with E-state index in [0.29, 0.717) is 18.9 Å². The van der Waals surface area contributed by atoms with Gasteiger partial charge >= 0.3 is 12.0 Å². The Morgan fingerprint density at radius 3 is 2.55 bits per heavy atom. The third kappa shape index (κ3) is 2.91. The highest BCUT2D eigenvalue weighted by atomic mass is 16.4. The molecule has 0 spiro atoms. The number of carboxylic acids is 1. The molecule has 5 nitrogen and oxygen atoms in total. The molecule has 2 amide bonds.